The van der Waals surface area contributed by atoms with Crippen molar-refractivity contribution in [2.45, 2.75) is 13.2 Å². The van der Waals surface area contributed by atoms with Crippen LogP contribution in [0.5, 0.6) is 5.88 Å². The van der Waals surface area contributed by atoms with Gasteiger partial charge in [0.15, 0.2) is 17.5 Å². The molecule has 8 aromatic rings. The zero-order valence-electron chi connectivity index (χ0n) is 26.7. The van der Waals surface area contributed by atoms with E-state index in [2.05, 4.69) is 65.5 Å². The van der Waals surface area contributed by atoms with E-state index in [0.29, 0.717) is 45.8 Å². The minimum atomic E-state index is -0.961. The number of ether oxygens (including phenoxy) is 1. The Morgan fingerprint density at radius 1 is 0.827 bits per heavy atom. The molecule has 0 saturated carbocycles. The van der Waals surface area contributed by atoms with Crippen LogP contribution in [0.3, 0.4) is 0 Å². The summed E-state index contributed by atoms with van der Waals surface area (Å²) in [6.45, 7) is 0.190. The third-order valence-corrected chi connectivity index (χ3v) is 6.57. The number of nitrogens with one attached hydrogen (secondary N) is 2. The number of rotatable bonds is 8. The molecule has 21 heteroatoms. The van der Waals surface area contributed by atoms with Crippen molar-refractivity contribution < 1.29 is 27.7 Å². The highest BCUT2D eigenvalue weighted by Crippen LogP contribution is 2.24. The second-order valence-corrected chi connectivity index (χ2v) is 9.96. The first kappa shape index (κ1) is 34.4. The SMILES string of the molecule is COc1nc(-c2cc(-c3ccon3)n[nH]2)ncc1F.O=c1[nH]c(-c2cc(-c3ccon3)n(Cc3ncccn3)n2)ncc1F.OCc1ncccn1. The average Bonchev–Trinajstić information content (AvgIpc) is 4.02. The van der Waals surface area contributed by atoms with Crippen LogP contribution in [-0.4, -0.2) is 82.4 Å². The van der Waals surface area contributed by atoms with Crippen molar-refractivity contribution in [2.75, 3.05) is 7.11 Å². The molecule has 0 atom stereocenters. The highest BCUT2D eigenvalue weighted by Gasteiger charge is 2.17. The molecule has 0 radical (unpaired) electrons. The molecular formula is C31H24F2N14O5. The molecule has 0 aromatic carbocycles. The summed E-state index contributed by atoms with van der Waals surface area (Å²) >= 11 is 0. The van der Waals surface area contributed by atoms with Crippen LogP contribution in [0.4, 0.5) is 8.78 Å². The number of hydrogen-bond acceptors (Lipinski definition) is 16. The lowest BCUT2D eigenvalue weighted by Gasteiger charge is -2.03. The van der Waals surface area contributed by atoms with Gasteiger partial charge in [0.25, 0.3) is 11.4 Å². The Balaban J connectivity index is 0.000000151. The Hall–Kier alpha value is -7.42. The lowest BCUT2D eigenvalue weighted by Crippen LogP contribution is -2.13. The molecule has 52 heavy (non-hydrogen) atoms. The number of halogens is 2. The third kappa shape index (κ3) is 8.41. The molecule has 0 unspecified atom stereocenters. The Morgan fingerprint density at radius 3 is 2.12 bits per heavy atom. The first-order chi connectivity index (χ1) is 25.4. The van der Waals surface area contributed by atoms with Crippen LogP contribution in [0, 0.1) is 11.6 Å². The van der Waals surface area contributed by atoms with Gasteiger partial charge in [-0.25, -0.2) is 29.9 Å². The van der Waals surface area contributed by atoms with E-state index in [0.717, 1.165) is 12.4 Å². The van der Waals surface area contributed by atoms with Crippen molar-refractivity contribution >= 4 is 0 Å². The van der Waals surface area contributed by atoms with E-state index in [1.54, 1.807) is 65.9 Å². The molecule has 3 N–H and O–H groups in total. The predicted molar refractivity (Wildman–Crippen MR) is 172 cm³/mol. The van der Waals surface area contributed by atoms with E-state index in [1.807, 2.05) is 0 Å². The predicted octanol–water partition coefficient (Wildman–Crippen LogP) is 2.90. The molecule has 8 rings (SSSR count). The molecule has 0 saturated heterocycles. The second-order valence-electron chi connectivity index (χ2n) is 9.96. The number of aromatic amines is 2. The summed E-state index contributed by atoms with van der Waals surface area (Å²) in [7, 11) is 1.34. The standard InChI is InChI=1S/C15H10FN7O2.C11H8FN5O2.C5H6N2O/c16-9-7-19-14(20-15(9)24)11-6-12(10-2-5-25-22-10)23(21-11)8-13-17-3-1-4-18-13;1-18-11-6(12)5-13-10(14-11)9-4-8(15-16-9)7-2-3-19-17-7;8-4-5-6-2-1-3-7-5/h1-7H,8H2,(H,19,20,24);2-5H,1H3,(H,15,16);1-3,8H,4H2. The smallest absolute Gasteiger partial charge is 0.287 e. The van der Waals surface area contributed by atoms with Gasteiger partial charge in [-0.15, -0.1) is 0 Å². The average molecular weight is 711 g/mol. The fourth-order valence-electron chi connectivity index (χ4n) is 4.21. The van der Waals surface area contributed by atoms with Gasteiger partial charge in [0.2, 0.25) is 11.6 Å². The second kappa shape index (κ2) is 16.3. The molecule has 0 fully saturated rings. The van der Waals surface area contributed by atoms with Gasteiger partial charge in [0.05, 0.1) is 25.2 Å². The number of aliphatic hydroxyl groups is 1. The van der Waals surface area contributed by atoms with Crippen molar-refractivity contribution in [3.63, 3.8) is 0 Å². The van der Waals surface area contributed by atoms with Crippen LogP contribution < -0.4 is 10.3 Å². The Morgan fingerprint density at radius 2 is 1.50 bits per heavy atom. The zero-order valence-corrected chi connectivity index (χ0v) is 26.7. The van der Waals surface area contributed by atoms with Crippen LogP contribution in [0.2, 0.25) is 0 Å². The maximum atomic E-state index is 13.2. The number of H-pyrrole nitrogens is 2. The van der Waals surface area contributed by atoms with Crippen molar-refractivity contribution in [1.82, 2.24) is 70.2 Å². The minimum absolute atomic E-state index is 0.0825. The van der Waals surface area contributed by atoms with Crippen LogP contribution >= 0.6 is 0 Å². The number of methoxy groups -OCH3 is 1. The molecule has 0 aliphatic rings. The van der Waals surface area contributed by atoms with Gasteiger partial charge in [-0.05, 0) is 24.3 Å². The fraction of sp³-hybridized carbons (Fsp3) is 0.0968. The van der Waals surface area contributed by atoms with Gasteiger partial charge in [-0.2, -0.15) is 24.0 Å². The molecule has 0 spiro atoms. The van der Waals surface area contributed by atoms with Gasteiger partial charge < -0.3 is 23.9 Å². The lowest BCUT2D eigenvalue weighted by molar-refractivity contribution is 0.271. The van der Waals surface area contributed by atoms with Gasteiger partial charge in [0.1, 0.15) is 60.0 Å². The number of hydrogen-bond donors (Lipinski definition) is 3. The molecule has 19 nitrogen and oxygen atoms in total. The van der Waals surface area contributed by atoms with E-state index in [9.17, 15) is 13.6 Å². The molecule has 8 aromatic heterocycles. The molecule has 262 valence electrons. The van der Waals surface area contributed by atoms with Gasteiger partial charge in [-0.3, -0.25) is 14.6 Å². The van der Waals surface area contributed by atoms with Gasteiger partial charge in [-0.1, -0.05) is 10.3 Å². The summed E-state index contributed by atoms with van der Waals surface area (Å²) in [5.41, 5.74) is 2.32. The maximum Gasteiger partial charge on any atom is 0.287 e. The molecule has 0 bridgehead atoms. The van der Waals surface area contributed by atoms with Crippen molar-refractivity contribution in [3.05, 3.63) is 120 Å². The zero-order chi connectivity index (χ0) is 36.3. The Bertz CT molecular complexity index is 2370. The Kier molecular flexibility index (Phi) is 10.8. The Labute approximate surface area is 289 Å². The van der Waals surface area contributed by atoms with Gasteiger partial charge in [0, 0.05) is 36.9 Å². The molecule has 0 aliphatic heterocycles. The highest BCUT2D eigenvalue weighted by atomic mass is 19.1. The number of aromatic nitrogens is 14. The van der Waals surface area contributed by atoms with Crippen molar-refractivity contribution in [3.8, 4) is 51.7 Å². The van der Waals surface area contributed by atoms with E-state index in [1.165, 1.54) is 19.6 Å². The number of aliphatic hydroxyl groups excluding tert-OH is 1. The molecule has 8 heterocycles. The van der Waals surface area contributed by atoms with E-state index < -0.39 is 17.2 Å². The maximum absolute atomic E-state index is 13.2. The summed E-state index contributed by atoms with van der Waals surface area (Å²) in [5, 5.41) is 27.3. The largest absolute Gasteiger partial charge is 0.479 e. The van der Waals surface area contributed by atoms with Crippen molar-refractivity contribution in [2.24, 2.45) is 0 Å². The summed E-state index contributed by atoms with van der Waals surface area (Å²) in [5.74, 6) is -0.276. The first-order valence-electron chi connectivity index (χ1n) is 14.8. The fourth-order valence-corrected chi connectivity index (χ4v) is 4.21. The molecule has 0 aliphatic carbocycles. The summed E-state index contributed by atoms with van der Waals surface area (Å²) in [6, 6.07) is 10.1. The molecular weight excluding hydrogens is 686 g/mol. The van der Waals surface area contributed by atoms with Crippen LogP contribution in [0.15, 0.2) is 99.9 Å². The van der Waals surface area contributed by atoms with E-state index >= 15 is 0 Å². The number of nitrogens with zero attached hydrogens (tertiary/aromatic N) is 12. The van der Waals surface area contributed by atoms with E-state index in [-0.39, 0.29) is 30.7 Å². The molecule has 0 amide bonds. The van der Waals surface area contributed by atoms with Gasteiger partial charge >= 0.3 is 0 Å². The quantitative estimate of drug-likeness (QED) is 0.205. The first-order valence-corrected chi connectivity index (χ1v) is 14.8. The minimum Gasteiger partial charge on any atom is -0.479 e. The van der Waals surface area contributed by atoms with E-state index in [4.69, 9.17) is 18.9 Å². The summed E-state index contributed by atoms with van der Waals surface area (Å²) < 4.78 is 42.4. The summed E-state index contributed by atoms with van der Waals surface area (Å²) in [4.78, 5) is 41.3. The monoisotopic (exact) mass is 710 g/mol. The topological polar surface area (TPSA) is 251 Å². The summed E-state index contributed by atoms with van der Waals surface area (Å²) in [6.07, 6.45) is 11.2. The normalized spacial score (nSPS) is 10.5. The van der Waals surface area contributed by atoms with Crippen LogP contribution in [0.25, 0.3) is 45.8 Å². The van der Waals surface area contributed by atoms with Crippen LogP contribution in [-0.2, 0) is 13.2 Å². The van der Waals surface area contributed by atoms with Crippen LogP contribution in [0.1, 0.15) is 11.6 Å². The van der Waals surface area contributed by atoms with Crippen molar-refractivity contribution in [1.29, 1.82) is 0 Å². The third-order valence-electron chi connectivity index (χ3n) is 6.57. The lowest BCUT2D eigenvalue weighted by atomic mass is 10.2. The highest BCUT2D eigenvalue weighted by molar-refractivity contribution is 5.63.